The molecule has 6 nitrogen and oxygen atoms in total. The predicted molar refractivity (Wildman–Crippen MR) is 105 cm³/mol. The average molecular weight is 445 g/mol. The lowest BCUT2D eigenvalue weighted by atomic mass is 10.2. The molecule has 0 bridgehead atoms. The van der Waals surface area contributed by atoms with Gasteiger partial charge in [-0.05, 0) is 17.7 Å². The summed E-state index contributed by atoms with van der Waals surface area (Å²) in [5.74, 6) is -8.17. The van der Waals surface area contributed by atoms with E-state index in [1.165, 1.54) is 12.1 Å². The zero-order valence-electron chi connectivity index (χ0n) is 16.3. The van der Waals surface area contributed by atoms with E-state index < -0.39 is 41.5 Å². The van der Waals surface area contributed by atoms with E-state index in [1.807, 2.05) is 30.3 Å². The third-order valence-electron chi connectivity index (χ3n) is 4.39. The first-order chi connectivity index (χ1) is 15.4. The molecule has 0 unspecified atom stereocenters. The van der Waals surface area contributed by atoms with Crippen molar-refractivity contribution >= 4 is 11.7 Å². The Morgan fingerprint density at radius 2 is 1.72 bits per heavy atom. The molecule has 0 saturated heterocycles. The van der Waals surface area contributed by atoms with Crippen LogP contribution in [0.2, 0.25) is 0 Å². The molecule has 1 amide bonds. The second kappa shape index (κ2) is 8.96. The summed E-state index contributed by atoms with van der Waals surface area (Å²) in [5.41, 5.74) is 1.04. The summed E-state index contributed by atoms with van der Waals surface area (Å²) in [6.07, 6.45) is 1.70. The highest BCUT2D eigenvalue weighted by molar-refractivity contribution is 6.01. The molecule has 0 radical (unpaired) electrons. The van der Waals surface area contributed by atoms with Crippen LogP contribution in [0.1, 0.15) is 21.9 Å². The van der Waals surface area contributed by atoms with Crippen molar-refractivity contribution in [1.82, 2.24) is 9.78 Å². The van der Waals surface area contributed by atoms with Gasteiger partial charge in [-0.3, -0.25) is 9.48 Å². The van der Waals surface area contributed by atoms with Crippen molar-refractivity contribution in [2.75, 3.05) is 5.32 Å². The van der Waals surface area contributed by atoms with Crippen molar-refractivity contribution < 1.29 is 31.5 Å². The van der Waals surface area contributed by atoms with Gasteiger partial charge in [0.15, 0.2) is 29.0 Å². The first kappa shape index (κ1) is 21.2. The molecule has 0 aliphatic rings. The molecule has 0 spiro atoms. The van der Waals surface area contributed by atoms with Crippen molar-refractivity contribution in [2.45, 2.75) is 13.2 Å². The van der Waals surface area contributed by atoms with Crippen LogP contribution in [0, 0.1) is 23.3 Å². The maximum absolute atomic E-state index is 13.7. The van der Waals surface area contributed by atoms with E-state index in [0.717, 1.165) is 5.56 Å². The topological polar surface area (TPSA) is 69.3 Å². The third kappa shape index (κ3) is 4.64. The Bertz CT molecular complexity index is 1230. The number of carbonyl (C=O) groups is 1. The molecule has 0 fully saturated rings. The fourth-order valence-corrected chi connectivity index (χ4v) is 2.86. The molecule has 2 aromatic carbocycles. The fraction of sp³-hybridized carbons (Fsp3) is 0.0909. The molecule has 2 aromatic heterocycles. The smallest absolute Gasteiger partial charge is 0.292 e. The SMILES string of the molecule is O=C(Nc1ccn(Cc2ccccc2)n1)c1ccc(COc2c(F)c(F)cc(F)c2F)o1. The highest BCUT2D eigenvalue weighted by atomic mass is 19.2. The molecule has 4 aromatic rings. The van der Waals surface area contributed by atoms with E-state index >= 15 is 0 Å². The van der Waals surface area contributed by atoms with Crippen LogP contribution in [0.4, 0.5) is 23.4 Å². The molecular weight excluding hydrogens is 430 g/mol. The molecule has 32 heavy (non-hydrogen) atoms. The van der Waals surface area contributed by atoms with Gasteiger partial charge in [-0.2, -0.15) is 13.9 Å². The van der Waals surface area contributed by atoms with Crippen molar-refractivity contribution in [1.29, 1.82) is 0 Å². The summed E-state index contributed by atoms with van der Waals surface area (Å²) in [6, 6.07) is 13.9. The fourth-order valence-electron chi connectivity index (χ4n) is 2.86. The predicted octanol–water partition coefficient (Wildman–Crippen LogP) is 4.91. The van der Waals surface area contributed by atoms with E-state index in [-0.39, 0.29) is 17.6 Å². The monoisotopic (exact) mass is 445 g/mol. The summed E-state index contributed by atoms with van der Waals surface area (Å²) >= 11 is 0. The molecule has 4 rings (SSSR count). The van der Waals surface area contributed by atoms with E-state index in [1.54, 1.807) is 16.9 Å². The Kier molecular flexibility index (Phi) is 5.93. The quantitative estimate of drug-likeness (QED) is 0.324. The van der Waals surface area contributed by atoms with Crippen LogP contribution in [0.5, 0.6) is 5.75 Å². The van der Waals surface area contributed by atoms with Gasteiger partial charge in [-0.15, -0.1) is 0 Å². The number of carbonyl (C=O) groups excluding carboxylic acids is 1. The number of amides is 1. The standard InChI is InChI=1S/C22H15F4N3O3/c23-15-10-16(24)20(26)21(19(15)25)31-12-14-6-7-17(32-14)22(30)27-18-8-9-29(28-18)11-13-4-2-1-3-5-13/h1-10H,11-12H2,(H,27,28,30). The van der Waals surface area contributed by atoms with Gasteiger partial charge >= 0.3 is 0 Å². The van der Waals surface area contributed by atoms with Gasteiger partial charge in [-0.1, -0.05) is 30.3 Å². The minimum absolute atomic E-state index is 0.00762. The second-order valence-corrected chi connectivity index (χ2v) is 6.69. The highest BCUT2D eigenvalue weighted by Crippen LogP contribution is 2.27. The summed E-state index contributed by atoms with van der Waals surface area (Å²) in [6.45, 7) is -0.0392. The zero-order valence-corrected chi connectivity index (χ0v) is 16.3. The van der Waals surface area contributed by atoms with Crippen LogP contribution in [-0.4, -0.2) is 15.7 Å². The van der Waals surface area contributed by atoms with Crippen LogP contribution in [0.25, 0.3) is 0 Å². The maximum Gasteiger partial charge on any atom is 0.292 e. The Morgan fingerprint density at radius 3 is 2.44 bits per heavy atom. The number of rotatable bonds is 7. The van der Waals surface area contributed by atoms with Crippen LogP contribution < -0.4 is 10.1 Å². The summed E-state index contributed by atoms with van der Waals surface area (Å²) in [7, 11) is 0. The molecule has 0 atom stereocenters. The largest absolute Gasteiger partial charge is 0.479 e. The number of ether oxygens (including phenoxy) is 1. The van der Waals surface area contributed by atoms with Crippen molar-refractivity contribution in [3.05, 3.63) is 101 Å². The number of aromatic nitrogens is 2. The molecular formula is C22H15F4N3O3. The Hall–Kier alpha value is -4.08. The summed E-state index contributed by atoms with van der Waals surface area (Å²) in [4.78, 5) is 12.4. The van der Waals surface area contributed by atoms with Gasteiger partial charge < -0.3 is 14.5 Å². The van der Waals surface area contributed by atoms with E-state index in [4.69, 9.17) is 9.15 Å². The number of hydrogen-bond acceptors (Lipinski definition) is 4. The Balaban J connectivity index is 1.37. The summed E-state index contributed by atoms with van der Waals surface area (Å²) < 4.78 is 65.5. The number of anilines is 1. The lowest BCUT2D eigenvalue weighted by Gasteiger charge is -2.08. The molecule has 2 heterocycles. The first-order valence-corrected chi connectivity index (χ1v) is 9.34. The maximum atomic E-state index is 13.7. The zero-order chi connectivity index (χ0) is 22.7. The lowest BCUT2D eigenvalue weighted by Crippen LogP contribution is -2.12. The van der Waals surface area contributed by atoms with Gasteiger partial charge in [0.25, 0.3) is 5.91 Å². The number of nitrogens with zero attached hydrogens (tertiary/aromatic N) is 2. The Morgan fingerprint density at radius 1 is 1.00 bits per heavy atom. The highest BCUT2D eigenvalue weighted by Gasteiger charge is 2.21. The molecule has 1 N–H and O–H groups in total. The number of hydrogen-bond donors (Lipinski definition) is 1. The van der Waals surface area contributed by atoms with E-state index in [9.17, 15) is 22.4 Å². The Labute approximate surface area is 179 Å². The van der Waals surface area contributed by atoms with Gasteiger partial charge in [0.1, 0.15) is 12.4 Å². The van der Waals surface area contributed by atoms with Crippen LogP contribution in [0.3, 0.4) is 0 Å². The molecule has 0 aliphatic carbocycles. The lowest BCUT2D eigenvalue weighted by molar-refractivity contribution is 0.0991. The molecule has 10 heteroatoms. The average Bonchev–Trinajstić information content (AvgIpc) is 3.43. The normalized spacial score (nSPS) is 10.9. The second-order valence-electron chi connectivity index (χ2n) is 6.69. The number of halogens is 4. The van der Waals surface area contributed by atoms with E-state index in [0.29, 0.717) is 12.4 Å². The van der Waals surface area contributed by atoms with Gasteiger partial charge in [0.2, 0.25) is 11.6 Å². The summed E-state index contributed by atoms with van der Waals surface area (Å²) in [5, 5.41) is 6.81. The van der Waals surface area contributed by atoms with Crippen molar-refractivity contribution in [2.24, 2.45) is 0 Å². The van der Waals surface area contributed by atoms with Crippen molar-refractivity contribution in [3.8, 4) is 5.75 Å². The minimum Gasteiger partial charge on any atom is -0.479 e. The van der Waals surface area contributed by atoms with Gasteiger partial charge in [0.05, 0.1) is 6.54 Å². The molecule has 0 saturated carbocycles. The van der Waals surface area contributed by atoms with Crippen LogP contribution in [-0.2, 0) is 13.2 Å². The third-order valence-corrected chi connectivity index (χ3v) is 4.39. The van der Waals surface area contributed by atoms with Gasteiger partial charge in [-0.25, -0.2) is 8.78 Å². The van der Waals surface area contributed by atoms with Crippen LogP contribution >= 0.6 is 0 Å². The van der Waals surface area contributed by atoms with Crippen LogP contribution in [0.15, 0.2) is 65.2 Å². The van der Waals surface area contributed by atoms with Crippen molar-refractivity contribution in [3.63, 3.8) is 0 Å². The number of benzene rings is 2. The number of furan rings is 1. The minimum atomic E-state index is -1.67. The first-order valence-electron chi connectivity index (χ1n) is 9.34. The molecule has 164 valence electrons. The molecule has 0 aliphatic heterocycles. The number of nitrogens with one attached hydrogen (secondary N) is 1. The van der Waals surface area contributed by atoms with Gasteiger partial charge in [0, 0.05) is 18.3 Å². The van der Waals surface area contributed by atoms with E-state index in [2.05, 4.69) is 10.4 Å².